The van der Waals surface area contributed by atoms with Gasteiger partial charge in [-0.05, 0) is 19.3 Å². The molecule has 0 atom stereocenters. The third-order valence-corrected chi connectivity index (χ3v) is 2.21. The summed E-state index contributed by atoms with van der Waals surface area (Å²) in [6.45, 7) is 0.208. The van der Waals surface area contributed by atoms with Crippen molar-refractivity contribution in [2.45, 2.75) is 32.2 Å². The van der Waals surface area contributed by atoms with E-state index >= 15 is 0 Å². The van der Waals surface area contributed by atoms with Crippen LogP contribution in [0.15, 0.2) is 0 Å². The second-order valence-electron chi connectivity index (χ2n) is 3.44. The molecule has 0 aliphatic carbocycles. The maximum absolute atomic E-state index is 12.7. The van der Waals surface area contributed by atoms with Crippen molar-refractivity contribution in [3.63, 3.8) is 0 Å². The topological polar surface area (TPSA) is 88.2 Å². The number of carboxylic acids is 1. The molecule has 0 saturated carbocycles. The summed E-state index contributed by atoms with van der Waals surface area (Å²) in [4.78, 5) is 10.6. The third-order valence-electron chi connectivity index (χ3n) is 2.21. The summed E-state index contributed by atoms with van der Waals surface area (Å²) >= 11 is 0. The summed E-state index contributed by atoms with van der Waals surface area (Å²) in [6.07, 6.45) is -1.16. The SMILES string of the molecule is O=C(O)c1nnn(CCCCCO)c1C(F)F. The molecule has 1 aromatic rings. The van der Waals surface area contributed by atoms with E-state index in [-0.39, 0.29) is 13.2 Å². The Bertz CT molecular complexity index is 382. The first-order valence-electron chi connectivity index (χ1n) is 5.13. The Labute approximate surface area is 95.9 Å². The van der Waals surface area contributed by atoms with Gasteiger partial charge in [0.25, 0.3) is 6.43 Å². The molecule has 0 amide bonds. The van der Waals surface area contributed by atoms with Crippen molar-refractivity contribution in [1.82, 2.24) is 15.0 Å². The Morgan fingerprint density at radius 3 is 2.59 bits per heavy atom. The van der Waals surface area contributed by atoms with Crippen molar-refractivity contribution in [1.29, 1.82) is 0 Å². The second kappa shape index (κ2) is 6.24. The lowest BCUT2D eigenvalue weighted by Gasteiger charge is -2.05. The molecule has 96 valence electrons. The zero-order valence-electron chi connectivity index (χ0n) is 9.01. The lowest BCUT2D eigenvalue weighted by molar-refractivity contribution is 0.0675. The number of hydrogen-bond donors (Lipinski definition) is 2. The summed E-state index contributed by atoms with van der Waals surface area (Å²) in [6, 6.07) is 0. The van der Waals surface area contributed by atoms with E-state index in [0.29, 0.717) is 19.3 Å². The van der Waals surface area contributed by atoms with Crippen LogP contribution < -0.4 is 0 Å². The Balaban J connectivity index is 2.74. The van der Waals surface area contributed by atoms with Crippen LogP contribution in [0.1, 0.15) is 41.9 Å². The summed E-state index contributed by atoms with van der Waals surface area (Å²) in [7, 11) is 0. The Hall–Kier alpha value is -1.57. The Morgan fingerprint density at radius 2 is 2.06 bits per heavy atom. The zero-order valence-corrected chi connectivity index (χ0v) is 9.01. The maximum Gasteiger partial charge on any atom is 0.358 e. The van der Waals surface area contributed by atoms with Crippen molar-refractivity contribution in [3.05, 3.63) is 11.4 Å². The minimum Gasteiger partial charge on any atom is -0.476 e. The lowest BCUT2D eigenvalue weighted by atomic mass is 10.2. The number of unbranched alkanes of at least 4 members (excludes halogenated alkanes) is 2. The van der Waals surface area contributed by atoms with Gasteiger partial charge in [0.05, 0.1) is 0 Å². The largest absolute Gasteiger partial charge is 0.476 e. The molecule has 0 aliphatic heterocycles. The fourth-order valence-corrected chi connectivity index (χ4v) is 1.40. The molecule has 0 fully saturated rings. The highest BCUT2D eigenvalue weighted by Crippen LogP contribution is 2.21. The quantitative estimate of drug-likeness (QED) is 0.706. The molecular weight excluding hydrogens is 236 g/mol. The van der Waals surface area contributed by atoms with Crippen LogP contribution in [-0.2, 0) is 6.54 Å². The predicted molar refractivity (Wildman–Crippen MR) is 52.9 cm³/mol. The first kappa shape index (κ1) is 13.5. The molecule has 0 radical (unpaired) electrons. The molecule has 0 bridgehead atoms. The number of aromatic nitrogens is 3. The molecule has 0 aromatic carbocycles. The first-order valence-corrected chi connectivity index (χ1v) is 5.13. The van der Waals surface area contributed by atoms with Crippen LogP contribution in [0.2, 0.25) is 0 Å². The van der Waals surface area contributed by atoms with Crippen LogP contribution in [-0.4, -0.2) is 37.8 Å². The van der Waals surface area contributed by atoms with Crippen LogP contribution in [0.4, 0.5) is 8.78 Å². The number of alkyl halides is 2. The molecule has 0 aliphatic rings. The van der Waals surface area contributed by atoms with Gasteiger partial charge in [-0.25, -0.2) is 18.3 Å². The van der Waals surface area contributed by atoms with Crippen molar-refractivity contribution >= 4 is 5.97 Å². The highest BCUT2D eigenvalue weighted by Gasteiger charge is 2.25. The minimum atomic E-state index is -2.92. The van der Waals surface area contributed by atoms with E-state index < -0.39 is 23.8 Å². The van der Waals surface area contributed by atoms with Gasteiger partial charge in [-0.2, -0.15) is 0 Å². The van der Waals surface area contributed by atoms with Crippen molar-refractivity contribution < 1.29 is 23.8 Å². The van der Waals surface area contributed by atoms with Gasteiger partial charge in [0, 0.05) is 13.2 Å². The average Bonchev–Trinajstić information content (AvgIpc) is 2.68. The number of nitrogens with zero attached hydrogens (tertiary/aromatic N) is 3. The van der Waals surface area contributed by atoms with Crippen molar-refractivity contribution in [2.75, 3.05) is 6.61 Å². The fraction of sp³-hybridized carbons (Fsp3) is 0.667. The van der Waals surface area contributed by atoms with Gasteiger partial charge in [0.1, 0.15) is 5.69 Å². The number of rotatable bonds is 7. The normalized spacial score (nSPS) is 11.1. The summed E-state index contributed by atoms with van der Waals surface area (Å²) in [5.74, 6) is -1.51. The van der Waals surface area contributed by atoms with E-state index in [2.05, 4.69) is 10.3 Å². The Kier molecular flexibility index (Phi) is 4.95. The number of halogens is 2. The number of aryl methyl sites for hydroxylation is 1. The van der Waals surface area contributed by atoms with Gasteiger partial charge in [-0.15, -0.1) is 5.10 Å². The van der Waals surface area contributed by atoms with Crippen molar-refractivity contribution in [2.24, 2.45) is 0 Å². The standard InChI is InChI=1S/C9H13F2N3O3/c10-8(11)7-6(9(16)17)12-13-14(7)4-2-1-3-5-15/h8,15H,1-5H2,(H,16,17). The zero-order chi connectivity index (χ0) is 12.8. The van der Waals surface area contributed by atoms with E-state index in [0.717, 1.165) is 4.68 Å². The molecule has 1 heterocycles. The van der Waals surface area contributed by atoms with Gasteiger partial charge in [0.2, 0.25) is 0 Å². The predicted octanol–water partition coefficient (Wildman–Crippen LogP) is 1.08. The van der Waals surface area contributed by atoms with E-state index in [1.54, 1.807) is 0 Å². The smallest absolute Gasteiger partial charge is 0.358 e. The molecule has 1 aromatic heterocycles. The summed E-state index contributed by atoms with van der Waals surface area (Å²) in [5.41, 5.74) is -1.37. The number of aliphatic hydroxyl groups is 1. The van der Waals surface area contributed by atoms with Gasteiger partial charge >= 0.3 is 5.97 Å². The lowest BCUT2D eigenvalue weighted by Crippen LogP contribution is -2.09. The van der Waals surface area contributed by atoms with Gasteiger partial charge in [-0.3, -0.25) is 0 Å². The van der Waals surface area contributed by atoms with Gasteiger partial charge in [0.15, 0.2) is 5.69 Å². The van der Waals surface area contributed by atoms with Crippen LogP contribution >= 0.6 is 0 Å². The van der Waals surface area contributed by atoms with Crippen LogP contribution in [0, 0.1) is 0 Å². The molecule has 6 nitrogen and oxygen atoms in total. The highest BCUT2D eigenvalue weighted by atomic mass is 19.3. The number of aromatic carboxylic acids is 1. The van der Waals surface area contributed by atoms with Crippen LogP contribution in [0.25, 0.3) is 0 Å². The van der Waals surface area contributed by atoms with Crippen LogP contribution in [0.5, 0.6) is 0 Å². The maximum atomic E-state index is 12.7. The fourth-order valence-electron chi connectivity index (χ4n) is 1.40. The molecule has 0 spiro atoms. The summed E-state index contributed by atoms with van der Waals surface area (Å²) < 4.78 is 26.2. The number of aliphatic hydroxyl groups excluding tert-OH is 1. The van der Waals surface area contributed by atoms with Crippen LogP contribution in [0.3, 0.4) is 0 Å². The number of carbonyl (C=O) groups is 1. The second-order valence-corrected chi connectivity index (χ2v) is 3.44. The molecule has 8 heteroatoms. The molecule has 17 heavy (non-hydrogen) atoms. The molecular formula is C9H13F2N3O3. The van der Waals surface area contributed by atoms with E-state index in [9.17, 15) is 13.6 Å². The Morgan fingerprint density at radius 1 is 1.35 bits per heavy atom. The van der Waals surface area contributed by atoms with Crippen molar-refractivity contribution in [3.8, 4) is 0 Å². The monoisotopic (exact) mass is 249 g/mol. The van der Waals surface area contributed by atoms with Gasteiger partial charge < -0.3 is 10.2 Å². The molecule has 0 unspecified atom stereocenters. The average molecular weight is 249 g/mol. The van der Waals surface area contributed by atoms with E-state index in [1.165, 1.54) is 0 Å². The highest BCUT2D eigenvalue weighted by molar-refractivity contribution is 5.86. The molecule has 1 rings (SSSR count). The van der Waals surface area contributed by atoms with E-state index in [4.69, 9.17) is 10.2 Å². The summed E-state index contributed by atoms with van der Waals surface area (Å²) in [5, 5.41) is 23.8. The van der Waals surface area contributed by atoms with Gasteiger partial charge in [-0.1, -0.05) is 5.21 Å². The minimum absolute atomic E-state index is 0.0411. The third kappa shape index (κ3) is 3.45. The van der Waals surface area contributed by atoms with E-state index in [1.807, 2.05) is 0 Å². The molecule has 0 saturated heterocycles. The number of carboxylic acid groups (broad SMARTS) is 1. The molecule has 2 N–H and O–H groups in total. The first-order chi connectivity index (χ1) is 8.07. The number of hydrogen-bond acceptors (Lipinski definition) is 4.